The Labute approximate surface area is 118 Å². The van der Waals surface area contributed by atoms with E-state index in [1.54, 1.807) is 0 Å². The van der Waals surface area contributed by atoms with E-state index in [9.17, 15) is 0 Å². The van der Waals surface area contributed by atoms with E-state index < -0.39 is 0 Å². The third kappa shape index (κ3) is 2.56. The van der Waals surface area contributed by atoms with Gasteiger partial charge in [0.05, 0.1) is 11.4 Å². The highest BCUT2D eigenvalue weighted by molar-refractivity contribution is 5.42. The SMILES string of the molecule is Cc1ccc(CNCc2c(C)nc3ccccn23)cn1. The molecule has 3 aromatic rings. The molecule has 4 heteroatoms. The van der Waals surface area contributed by atoms with Crippen molar-refractivity contribution in [2.75, 3.05) is 0 Å². The van der Waals surface area contributed by atoms with E-state index in [0.29, 0.717) is 0 Å². The second kappa shape index (κ2) is 5.43. The topological polar surface area (TPSA) is 42.2 Å². The van der Waals surface area contributed by atoms with Gasteiger partial charge in [-0.05, 0) is 37.6 Å². The third-order valence-electron chi connectivity index (χ3n) is 3.42. The van der Waals surface area contributed by atoms with Crippen molar-refractivity contribution < 1.29 is 0 Å². The molecule has 0 aliphatic carbocycles. The van der Waals surface area contributed by atoms with Crippen LogP contribution in [0.5, 0.6) is 0 Å². The lowest BCUT2D eigenvalue weighted by Crippen LogP contribution is -2.15. The summed E-state index contributed by atoms with van der Waals surface area (Å²) < 4.78 is 2.13. The lowest BCUT2D eigenvalue weighted by molar-refractivity contribution is 0.670. The average Bonchev–Trinajstić information content (AvgIpc) is 2.77. The van der Waals surface area contributed by atoms with Gasteiger partial charge in [-0.2, -0.15) is 0 Å². The van der Waals surface area contributed by atoms with E-state index >= 15 is 0 Å². The zero-order valence-electron chi connectivity index (χ0n) is 11.8. The van der Waals surface area contributed by atoms with Gasteiger partial charge in [0.15, 0.2) is 0 Å². The molecule has 0 saturated carbocycles. The van der Waals surface area contributed by atoms with Crippen molar-refractivity contribution in [1.29, 1.82) is 0 Å². The molecular weight excluding hydrogens is 248 g/mol. The molecule has 0 unspecified atom stereocenters. The van der Waals surface area contributed by atoms with Crippen LogP contribution in [-0.2, 0) is 13.1 Å². The maximum Gasteiger partial charge on any atom is 0.137 e. The van der Waals surface area contributed by atoms with Crippen LogP contribution >= 0.6 is 0 Å². The van der Waals surface area contributed by atoms with Gasteiger partial charge in [-0.25, -0.2) is 4.98 Å². The first-order valence-corrected chi connectivity index (χ1v) is 6.79. The van der Waals surface area contributed by atoms with Crippen LogP contribution in [-0.4, -0.2) is 14.4 Å². The van der Waals surface area contributed by atoms with Crippen molar-refractivity contribution in [3.05, 3.63) is 65.4 Å². The molecule has 102 valence electrons. The van der Waals surface area contributed by atoms with Crippen LogP contribution in [0.1, 0.15) is 22.6 Å². The van der Waals surface area contributed by atoms with Crippen LogP contribution < -0.4 is 5.32 Å². The van der Waals surface area contributed by atoms with Gasteiger partial charge in [0.1, 0.15) is 5.65 Å². The number of aryl methyl sites for hydroxylation is 2. The Morgan fingerprint density at radius 2 is 2.00 bits per heavy atom. The molecule has 0 aromatic carbocycles. The van der Waals surface area contributed by atoms with Gasteiger partial charge in [0.2, 0.25) is 0 Å². The Hall–Kier alpha value is -2.20. The Kier molecular flexibility index (Phi) is 3.48. The van der Waals surface area contributed by atoms with Crippen LogP contribution in [0.4, 0.5) is 0 Å². The van der Waals surface area contributed by atoms with Gasteiger partial charge in [0.25, 0.3) is 0 Å². The summed E-state index contributed by atoms with van der Waals surface area (Å²) in [5, 5.41) is 3.46. The quantitative estimate of drug-likeness (QED) is 0.789. The van der Waals surface area contributed by atoms with Gasteiger partial charge in [-0.1, -0.05) is 12.1 Å². The van der Waals surface area contributed by atoms with Crippen LogP contribution in [0, 0.1) is 13.8 Å². The number of hydrogen-bond acceptors (Lipinski definition) is 3. The van der Waals surface area contributed by atoms with Gasteiger partial charge in [-0.3, -0.25) is 4.98 Å². The normalized spacial score (nSPS) is 11.1. The zero-order chi connectivity index (χ0) is 13.9. The standard InChI is InChI=1S/C16H18N4/c1-12-6-7-14(10-18-12)9-17-11-15-13(2)19-16-5-3-4-8-20(15)16/h3-8,10,17H,9,11H2,1-2H3. The van der Waals surface area contributed by atoms with E-state index in [1.165, 1.54) is 11.3 Å². The maximum absolute atomic E-state index is 4.56. The van der Waals surface area contributed by atoms with Crippen LogP contribution in [0.3, 0.4) is 0 Å². The first kappa shape index (κ1) is 12.8. The molecule has 3 rings (SSSR count). The summed E-state index contributed by atoms with van der Waals surface area (Å²) in [4.78, 5) is 8.87. The fraction of sp³-hybridized carbons (Fsp3) is 0.250. The Bertz CT molecular complexity index is 713. The van der Waals surface area contributed by atoms with Crippen LogP contribution in [0.2, 0.25) is 0 Å². The van der Waals surface area contributed by atoms with E-state index in [2.05, 4.69) is 38.9 Å². The molecule has 0 spiro atoms. The molecule has 0 atom stereocenters. The van der Waals surface area contributed by atoms with Crippen molar-refractivity contribution in [2.45, 2.75) is 26.9 Å². The molecule has 0 amide bonds. The Morgan fingerprint density at radius 3 is 2.80 bits per heavy atom. The monoisotopic (exact) mass is 266 g/mol. The minimum Gasteiger partial charge on any atom is -0.307 e. The fourth-order valence-corrected chi connectivity index (χ4v) is 2.31. The van der Waals surface area contributed by atoms with E-state index in [1.807, 2.05) is 37.4 Å². The predicted octanol–water partition coefficient (Wildman–Crippen LogP) is 2.64. The summed E-state index contributed by atoms with van der Waals surface area (Å²) in [6.07, 6.45) is 3.98. The summed E-state index contributed by atoms with van der Waals surface area (Å²) in [6, 6.07) is 10.2. The summed E-state index contributed by atoms with van der Waals surface area (Å²) in [6.45, 7) is 5.66. The number of pyridine rings is 2. The summed E-state index contributed by atoms with van der Waals surface area (Å²) in [5.74, 6) is 0. The van der Waals surface area contributed by atoms with E-state index in [4.69, 9.17) is 0 Å². The second-order valence-corrected chi connectivity index (χ2v) is 4.98. The van der Waals surface area contributed by atoms with Crippen molar-refractivity contribution >= 4 is 5.65 Å². The average molecular weight is 266 g/mol. The highest BCUT2D eigenvalue weighted by atomic mass is 15.0. The summed E-state index contributed by atoms with van der Waals surface area (Å²) in [5.41, 5.74) is 5.53. The molecule has 0 aliphatic rings. The minimum absolute atomic E-state index is 0.797. The van der Waals surface area contributed by atoms with Gasteiger partial charge in [-0.15, -0.1) is 0 Å². The fourth-order valence-electron chi connectivity index (χ4n) is 2.31. The number of nitrogens with one attached hydrogen (secondary N) is 1. The smallest absolute Gasteiger partial charge is 0.137 e. The summed E-state index contributed by atoms with van der Waals surface area (Å²) >= 11 is 0. The molecule has 3 heterocycles. The number of fused-ring (bicyclic) bond motifs is 1. The van der Waals surface area contributed by atoms with Gasteiger partial charge >= 0.3 is 0 Å². The molecule has 0 fully saturated rings. The maximum atomic E-state index is 4.56. The van der Waals surface area contributed by atoms with Crippen molar-refractivity contribution in [3.8, 4) is 0 Å². The number of imidazole rings is 1. The molecule has 1 N–H and O–H groups in total. The van der Waals surface area contributed by atoms with Crippen molar-refractivity contribution in [1.82, 2.24) is 19.7 Å². The van der Waals surface area contributed by atoms with E-state index in [0.717, 1.165) is 30.1 Å². The lowest BCUT2D eigenvalue weighted by Gasteiger charge is -2.06. The number of nitrogens with zero attached hydrogens (tertiary/aromatic N) is 3. The molecule has 20 heavy (non-hydrogen) atoms. The van der Waals surface area contributed by atoms with Gasteiger partial charge in [0, 0.05) is 31.2 Å². The molecule has 0 bridgehead atoms. The molecule has 0 saturated heterocycles. The highest BCUT2D eigenvalue weighted by Gasteiger charge is 2.07. The molecule has 0 aliphatic heterocycles. The van der Waals surface area contributed by atoms with E-state index in [-0.39, 0.29) is 0 Å². The first-order chi connectivity index (χ1) is 9.74. The van der Waals surface area contributed by atoms with Crippen LogP contribution in [0.25, 0.3) is 5.65 Å². The Morgan fingerprint density at radius 1 is 1.10 bits per heavy atom. The molecular formula is C16H18N4. The lowest BCUT2D eigenvalue weighted by atomic mass is 10.2. The molecule has 3 aromatic heterocycles. The summed E-state index contributed by atoms with van der Waals surface area (Å²) in [7, 11) is 0. The predicted molar refractivity (Wildman–Crippen MR) is 79.4 cm³/mol. The second-order valence-electron chi connectivity index (χ2n) is 4.98. The first-order valence-electron chi connectivity index (χ1n) is 6.79. The largest absolute Gasteiger partial charge is 0.307 e. The minimum atomic E-state index is 0.797. The third-order valence-corrected chi connectivity index (χ3v) is 3.42. The van der Waals surface area contributed by atoms with Gasteiger partial charge < -0.3 is 9.72 Å². The number of rotatable bonds is 4. The molecule has 4 nitrogen and oxygen atoms in total. The molecule has 0 radical (unpaired) electrons. The zero-order valence-corrected chi connectivity index (χ0v) is 11.8. The number of hydrogen-bond donors (Lipinski definition) is 1. The van der Waals surface area contributed by atoms with Crippen molar-refractivity contribution in [3.63, 3.8) is 0 Å². The van der Waals surface area contributed by atoms with Crippen LogP contribution in [0.15, 0.2) is 42.7 Å². The number of aromatic nitrogens is 3. The van der Waals surface area contributed by atoms with Crippen molar-refractivity contribution in [2.24, 2.45) is 0 Å². The highest BCUT2D eigenvalue weighted by Crippen LogP contribution is 2.11. The Balaban J connectivity index is 1.71.